The largest absolute Gasteiger partial charge is 0.497 e. The average Bonchev–Trinajstić information content (AvgIpc) is 3.31. The number of nitrogens with one attached hydrogen (secondary N) is 2. The molecular formula is C34H42N2O3. The van der Waals surface area contributed by atoms with Crippen molar-refractivity contribution in [3.05, 3.63) is 77.9 Å². The Bertz CT molecular complexity index is 1240. The van der Waals surface area contributed by atoms with Gasteiger partial charge in [-0.2, -0.15) is 0 Å². The van der Waals surface area contributed by atoms with Crippen LogP contribution < -0.4 is 15.4 Å². The number of ether oxygens (including phenoxy) is 1. The maximum absolute atomic E-state index is 14.1. The molecule has 0 aromatic heterocycles. The van der Waals surface area contributed by atoms with Gasteiger partial charge in [0, 0.05) is 17.4 Å². The number of methoxy groups -OCH3 is 1. The maximum atomic E-state index is 14.1. The fourth-order valence-electron chi connectivity index (χ4n) is 8.97. The molecule has 4 aliphatic rings. The van der Waals surface area contributed by atoms with Gasteiger partial charge in [0.15, 0.2) is 0 Å². The molecule has 0 spiro atoms. The number of amides is 2. The molecule has 2 N–H and O–H groups in total. The van der Waals surface area contributed by atoms with Crippen molar-refractivity contribution in [1.82, 2.24) is 10.6 Å². The maximum Gasteiger partial charge on any atom is 0.243 e. The van der Waals surface area contributed by atoms with Gasteiger partial charge < -0.3 is 15.4 Å². The van der Waals surface area contributed by atoms with Crippen molar-refractivity contribution >= 4 is 11.8 Å². The number of rotatable bonds is 6. The molecule has 1 heterocycles. The van der Waals surface area contributed by atoms with E-state index < -0.39 is 0 Å². The molecule has 3 unspecified atom stereocenters. The molecule has 2 aromatic carbocycles. The Morgan fingerprint density at radius 2 is 1.77 bits per heavy atom. The molecule has 206 valence electrons. The van der Waals surface area contributed by atoms with Gasteiger partial charge in [-0.25, -0.2) is 0 Å². The first-order chi connectivity index (χ1) is 18.8. The van der Waals surface area contributed by atoms with Gasteiger partial charge in [-0.1, -0.05) is 62.4 Å². The van der Waals surface area contributed by atoms with Gasteiger partial charge in [-0.15, -0.1) is 0 Å². The van der Waals surface area contributed by atoms with Crippen molar-refractivity contribution in [2.45, 2.75) is 70.9 Å². The summed E-state index contributed by atoms with van der Waals surface area (Å²) in [6.07, 6.45) is 11.2. The van der Waals surface area contributed by atoms with E-state index in [0.29, 0.717) is 17.8 Å². The normalized spacial score (nSPS) is 35.7. The van der Waals surface area contributed by atoms with Gasteiger partial charge in [0.05, 0.1) is 13.2 Å². The second-order valence-corrected chi connectivity index (χ2v) is 12.9. The summed E-state index contributed by atoms with van der Waals surface area (Å²) in [5, 5.41) is 6.77. The summed E-state index contributed by atoms with van der Waals surface area (Å²) < 4.78 is 5.34. The number of hydrogen-bond acceptors (Lipinski definition) is 3. The van der Waals surface area contributed by atoms with Gasteiger partial charge >= 0.3 is 0 Å². The number of fused-ring (bicyclic) bond motifs is 5. The van der Waals surface area contributed by atoms with Crippen LogP contribution in [-0.4, -0.2) is 25.0 Å². The minimum Gasteiger partial charge on any atom is -0.497 e. The molecule has 5 heteroatoms. The zero-order valence-corrected chi connectivity index (χ0v) is 23.5. The van der Waals surface area contributed by atoms with Gasteiger partial charge in [-0.3, -0.25) is 9.59 Å². The molecule has 6 rings (SSSR count). The summed E-state index contributed by atoms with van der Waals surface area (Å²) in [5.74, 6) is 2.90. The zero-order valence-electron chi connectivity index (χ0n) is 23.5. The summed E-state index contributed by atoms with van der Waals surface area (Å²) in [7, 11) is 1.68. The van der Waals surface area contributed by atoms with E-state index in [1.54, 1.807) is 13.2 Å². The first kappa shape index (κ1) is 26.2. The van der Waals surface area contributed by atoms with E-state index in [4.69, 9.17) is 4.74 Å². The smallest absolute Gasteiger partial charge is 0.243 e. The monoisotopic (exact) mass is 526 g/mol. The summed E-state index contributed by atoms with van der Waals surface area (Å²) in [6, 6.07) is 18.7. The molecule has 3 fully saturated rings. The molecule has 8 atom stereocenters. The second-order valence-electron chi connectivity index (χ2n) is 12.9. The van der Waals surface area contributed by atoms with Gasteiger partial charge in [-0.05, 0) is 97.5 Å². The van der Waals surface area contributed by atoms with Gasteiger partial charge in [0.25, 0.3) is 0 Å². The lowest BCUT2D eigenvalue weighted by atomic mass is 9.48. The van der Waals surface area contributed by atoms with Crippen molar-refractivity contribution in [2.24, 2.45) is 34.5 Å². The van der Waals surface area contributed by atoms with E-state index in [1.165, 1.54) is 5.56 Å². The third kappa shape index (κ3) is 4.58. The van der Waals surface area contributed by atoms with E-state index in [-0.39, 0.29) is 40.6 Å². The summed E-state index contributed by atoms with van der Waals surface area (Å²) in [4.78, 5) is 26.1. The number of benzene rings is 2. The highest BCUT2D eigenvalue weighted by atomic mass is 16.5. The summed E-state index contributed by atoms with van der Waals surface area (Å²) >= 11 is 0. The van der Waals surface area contributed by atoms with Crippen LogP contribution in [0.2, 0.25) is 0 Å². The Hall–Kier alpha value is -3.08. The van der Waals surface area contributed by atoms with Crippen molar-refractivity contribution < 1.29 is 14.3 Å². The molecule has 0 saturated heterocycles. The Morgan fingerprint density at radius 3 is 2.51 bits per heavy atom. The second kappa shape index (κ2) is 10.1. The highest BCUT2D eigenvalue weighted by Gasteiger charge is 2.60. The van der Waals surface area contributed by atoms with E-state index in [9.17, 15) is 9.59 Å². The number of carbonyl (C=O) groups is 2. The molecule has 2 amide bonds. The Balaban J connectivity index is 1.21. The van der Waals surface area contributed by atoms with Crippen LogP contribution in [0.1, 0.15) is 69.5 Å². The standard InChI is InChI=1S/C34H42N2O3/c1-33-19-17-27-25(13-16-30-34(27,2)20-18-31(37)36-30)26(33)14-15-28(33)32(38)35-29(23-7-5-4-6-8-23)21-22-9-11-24(39-3)12-10-22/h4-12,18,20,25-30H,13-17,19,21H2,1-3H3,(H,35,38)(H,36,37)/t25-,26-,27+,28?,29?,30?,33-,34+/m0/s1. The molecular weight excluding hydrogens is 484 g/mol. The molecule has 1 aliphatic heterocycles. The van der Waals surface area contributed by atoms with Gasteiger partial charge in [0.1, 0.15) is 5.75 Å². The summed E-state index contributed by atoms with van der Waals surface area (Å²) in [6.45, 7) is 4.76. The van der Waals surface area contributed by atoms with E-state index in [1.807, 2.05) is 18.2 Å². The van der Waals surface area contributed by atoms with Crippen LogP contribution in [0.4, 0.5) is 0 Å². The van der Waals surface area contributed by atoms with E-state index in [0.717, 1.165) is 56.3 Å². The highest BCUT2D eigenvalue weighted by Crippen LogP contribution is 2.65. The van der Waals surface area contributed by atoms with Crippen LogP contribution >= 0.6 is 0 Å². The third-order valence-corrected chi connectivity index (χ3v) is 11.1. The Kier molecular flexibility index (Phi) is 6.81. The molecule has 2 aromatic rings. The van der Waals surface area contributed by atoms with E-state index in [2.05, 4.69) is 67.0 Å². The molecule has 3 saturated carbocycles. The van der Waals surface area contributed by atoms with Crippen LogP contribution in [0.15, 0.2) is 66.7 Å². The first-order valence-corrected chi connectivity index (χ1v) is 14.8. The van der Waals surface area contributed by atoms with Crippen molar-refractivity contribution in [2.75, 3.05) is 7.11 Å². The first-order valence-electron chi connectivity index (χ1n) is 14.8. The number of hydrogen-bond donors (Lipinski definition) is 2. The van der Waals surface area contributed by atoms with Crippen molar-refractivity contribution in [1.29, 1.82) is 0 Å². The predicted octanol–water partition coefficient (Wildman–Crippen LogP) is 6.01. The lowest BCUT2D eigenvalue weighted by Gasteiger charge is -2.58. The van der Waals surface area contributed by atoms with Crippen LogP contribution in [-0.2, 0) is 16.0 Å². The SMILES string of the molecule is COc1ccc(CC(NC(=O)C2CC[C@H]3[C@@H]4CCC5NC(=O)C=C[C@]5(C)[C@@H]4CC[C@]23C)c2ccccc2)cc1. The van der Waals surface area contributed by atoms with Gasteiger partial charge in [0.2, 0.25) is 11.8 Å². The minimum atomic E-state index is -0.0728. The van der Waals surface area contributed by atoms with Crippen LogP contribution in [0.3, 0.4) is 0 Å². The average molecular weight is 527 g/mol. The molecule has 3 aliphatic carbocycles. The summed E-state index contributed by atoms with van der Waals surface area (Å²) in [5.41, 5.74) is 2.37. The minimum absolute atomic E-state index is 0.0231. The lowest BCUT2D eigenvalue weighted by molar-refractivity contribution is -0.134. The van der Waals surface area contributed by atoms with E-state index >= 15 is 0 Å². The topological polar surface area (TPSA) is 67.4 Å². The van der Waals surface area contributed by atoms with Crippen LogP contribution in [0.25, 0.3) is 0 Å². The Morgan fingerprint density at radius 1 is 1.00 bits per heavy atom. The lowest BCUT2D eigenvalue weighted by Crippen LogP contribution is -2.59. The molecule has 5 nitrogen and oxygen atoms in total. The highest BCUT2D eigenvalue weighted by molar-refractivity contribution is 5.89. The van der Waals surface area contributed by atoms with Crippen molar-refractivity contribution in [3.8, 4) is 5.75 Å². The quantitative estimate of drug-likeness (QED) is 0.485. The zero-order chi connectivity index (χ0) is 27.2. The predicted molar refractivity (Wildman–Crippen MR) is 153 cm³/mol. The van der Waals surface area contributed by atoms with Crippen molar-refractivity contribution in [3.63, 3.8) is 0 Å². The fraction of sp³-hybridized carbons (Fsp3) is 0.529. The third-order valence-electron chi connectivity index (χ3n) is 11.1. The Labute approximate surface area is 232 Å². The molecule has 39 heavy (non-hydrogen) atoms. The number of carbonyl (C=O) groups excluding carboxylic acids is 2. The van der Waals surface area contributed by atoms with Crippen LogP contribution in [0, 0.1) is 34.5 Å². The molecule has 0 radical (unpaired) electrons. The molecule has 0 bridgehead atoms. The fourth-order valence-corrected chi connectivity index (χ4v) is 8.97. The van der Waals surface area contributed by atoms with Crippen LogP contribution in [0.5, 0.6) is 5.75 Å².